The molecule has 0 saturated carbocycles. The van der Waals surface area contributed by atoms with Crippen molar-refractivity contribution in [1.82, 2.24) is 0 Å². The molecule has 5 N–H and O–H groups in total. The van der Waals surface area contributed by atoms with Gasteiger partial charge in [0.05, 0.1) is 6.61 Å². The van der Waals surface area contributed by atoms with Crippen molar-refractivity contribution in [1.29, 1.82) is 0 Å². The summed E-state index contributed by atoms with van der Waals surface area (Å²) < 4.78 is 38.8. The zero-order valence-corrected chi connectivity index (χ0v) is 13.4. The zero-order chi connectivity index (χ0) is 17.1. The summed E-state index contributed by atoms with van der Waals surface area (Å²) in [5.74, 6) is -0.348. The number of aliphatic hydroxyl groups is 4. The normalized spacial score (nSPS) is 34.0. The van der Waals surface area contributed by atoms with E-state index in [1.54, 1.807) is 13.8 Å². The summed E-state index contributed by atoms with van der Waals surface area (Å²) in [6.45, 7) is 2.70. The highest BCUT2D eigenvalue weighted by molar-refractivity contribution is 8.14. The van der Waals surface area contributed by atoms with Crippen molar-refractivity contribution in [3.8, 4) is 0 Å². The minimum absolute atomic E-state index is 0.0574. The number of nitrogens with zero attached hydrogens (tertiary/aromatic N) is 1. The summed E-state index contributed by atoms with van der Waals surface area (Å²) in [5.41, 5.74) is -1.12. The third-order valence-electron chi connectivity index (χ3n) is 2.80. The van der Waals surface area contributed by atoms with E-state index in [9.17, 15) is 23.7 Å². The van der Waals surface area contributed by atoms with E-state index < -0.39 is 46.9 Å². The van der Waals surface area contributed by atoms with Gasteiger partial charge in [-0.15, -0.1) is 0 Å². The lowest BCUT2D eigenvalue weighted by Gasteiger charge is -2.39. The monoisotopic (exact) mass is 361 g/mol. The maximum absolute atomic E-state index is 10.5. The largest absolute Gasteiger partial charge is 0.466 e. The maximum atomic E-state index is 10.5. The molecule has 1 saturated heterocycles. The van der Waals surface area contributed by atoms with Crippen LogP contribution in [0.4, 0.5) is 0 Å². The molecule has 1 heterocycles. The van der Waals surface area contributed by atoms with Crippen molar-refractivity contribution in [2.45, 2.75) is 43.7 Å². The SMILES string of the molecule is CC(C)/C(=N/OS(=O)(=O)O)S[C@@H]1O[C@H](CO)[C@@H](O)[C@H](O)[C@H]1O. The van der Waals surface area contributed by atoms with E-state index in [4.69, 9.17) is 14.4 Å². The summed E-state index contributed by atoms with van der Waals surface area (Å²) in [7, 11) is -4.78. The van der Waals surface area contributed by atoms with E-state index in [0.29, 0.717) is 0 Å². The molecule has 0 aromatic rings. The molecule has 0 amide bonds. The quantitative estimate of drug-likeness (QED) is 0.165. The minimum atomic E-state index is -4.78. The Balaban J connectivity index is 2.88. The van der Waals surface area contributed by atoms with E-state index in [0.717, 1.165) is 11.8 Å². The van der Waals surface area contributed by atoms with Crippen LogP contribution in [-0.4, -0.2) is 74.9 Å². The van der Waals surface area contributed by atoms with Crippen LogP contribution in [0.2, 0.25) is 0 Å². The molecule has 0 unspecified atom stereocenters. The van der Waals surface area contributed by atoms with Crippen molar-refractivity contribution >= 4 is 27.2 Å². The van der Waals surface area contributed by atoms with Gasteiger partial charge in [-0.05, 0) is 0 Å². The van der Waals surface area contributed by atoms with Crippen molar-refractivity contribution in [3.05, 3.63) is 0 Å². The van der Waals surface area contributed by atoms with Gasteiger partial charge < -0.3 is 25.2 Å². The molecule has 1 aliphatic rings. The van der Waals surface area contributed by atoms with Crippen LogP contribution >= 0.6 is 11.8 Å². The average Bonchev–Trinajstić information content (AvgIpc) is 2.41. The predicted octanol–water partition coefficient (Wildman–Crippen LogP) is -1.69. The molecule has 0 aromatic carbocycles. The van der Waals surface area contributed by atoms with Crippen LogP contribution in [-0.2, 0) is 19.4 Å². The van der Waals surface area contributed by atoms with Crippen LogP contribution in [0.1, 0.15) is 13.8 Å². The lowest BCUT2D eigenvalue weighted by Crippen LogP contribution is -2.57. The van der Waals surface area contributed by atoms with Crippen molar-refractivity contribution in [2.75, 3.05) is 6.61 Å². The summed E-state index contributed by atoms with van der Waals surface area (Å²) in [5, 5.41) is 41.6. The summed E-state index contributed by atoms with van der Waals surface area (Å²) in [6.07, 6.45) is -5.64. The molecule has 1 aliphatic heterocycles. The molecule has 0 aliphatic carbocycles. The van der Waals surface area contributed by atoms with Gasteiger partial charge in [0.15, 0.2) is 0 Å². The lowest BCUT2D eigenvalue weighted by molar-refractivity contribution is -0.205. The third kappa shape index (κ3) is 5.31. The van der Waals surface area contributed by atoms with E-state index in [1.807, 2.05) is 0 Å². The first-order valence-electron chi connectivity index (χ1n) is 6.28. The molecular weight excluding hydrogens is 342 g/mol. The van der Waals surface area contributed by atoms with Crippen LogP contribution in [0.5, 0.6) is 0 Å². The molecule has 0 radical (unpaired) electrons. The fraction of sp³-hybridized carbons (Fsp3) is 0.900. The van der Waals surface area contributed by atoms with Gasteiger partial charge in [-0.3, -0.25) is 4.55 Å². The smallest absolute Gasteiger partial charge is 0.394 e. The highest BCUT2D eigenvalue weighted by Gasteiger charge is 2.44. The highest BCUT2D eigenvalue weighted by Crippen LogP contribution is 2.31. The number of oxime groups is 1. The van der Waals surface area contributed by atoms with Crippen LogP contribution in [0.25, 0.3) is 0 Å². The van der Waals surface area contributed by atoms with Crippen molar-refractivity contribution in [2.24, 2.45) is 11.1 Å². The van der Waals surface area contributed by atoms with E-state index in [2.05, 4.69) is 9.44 Å². The van der Waals surface area contributed by atoms with Gasteiger partial charge in [-0.1, -0.05) is 30.8 Å². The molecule has 10 nitrogen and oxygen atoms in total. The standard InChI is InChI=1S/C10H19NO9S2/c1-4(2)9(11-20-22(16,17)18)21-10-8(15)7(14)6(13)5(3-12)19-10/h4-8,10,12-15H,3H2,1-2H3,(H,16,17,18)/b11-9-/t5-,6-,7+,8-,10+/m1/s1. The van der Waals surface area contributed by atoms with Gasteiger partial charge >= 0.3 is 10.4 Å². The number of aliphatic hydroxyl groups excluding tert-OH is 4. The predicted molar refractivity (Wildman–Crippen MR) is 76.3 cm³/mol. The van der Waals surface area contributed by atoms with Crippen molar-refractivity contribution < 1.29 is 42.4 Å². The third-order valence-corrected chi connectivity index (χ3v) is 4.47. The second-order valence-corrected chi connectivity index (χ2v) is 7.02. The van der Waals surface area contributed by atoms with Crippen LogP contribution in [0, 0.1) is 5.92 Å². The number of ether oxygens (including phenoxy) is 1. The molecule has 22 heavy (non-hydrogen) atoms. The summed E-state index contributed by atoms with van der Waals surface area (Å²) in [4.78, 5) is 0. The van der Waals surface area contributed by atoms with Gasteiger partial charge in [-0.2, -0.15) is 8.42 Å². The molecule has 12 heteroatoms. The first-order valence-corrected chi connectivity index (χ1v) is 8.52. The molecule has 5 atom stereocenters. The van der Waals surface area contributed by atoms with Gasteiger partial charge in [0.2, 0.25) is 0 Å². The number of hydrogen-bond donors (Lipinski definition) is 5. The Labute approximate surface area is 131 Å². The minimum Gasteiger partial charge on any atom is -0.394 e. The van der Waals surface area contributed by atoms with Crippen LogP contribution in [0.3, 0.4) is 0 Å². The molecule has 1 rings (SSSR count). The summed E-state index contributed by atoms with van der Waals surface area (Å²) >= 11 is 0.742. The van der Waals surface area contributed by atoms with Gasteiger partial charge in [-0.25, -0.2) is 4.28 Å². The molecule has 0 spiro atoms. The Morgan fingerprint density at radius 1 is 1.27 bits per heavy atom. The lowest BCUT2D eigenvalue weighted by atomic mass is 10.0. The fourth-order valence-corrected chi connectivity index (χ4v) is 2.94. The molecular formula is C10H19NO9S2. The van der Waals surface area contributed by atoms with Crippen LogP contribution in [0.15, 0.2) is 5.16 Å². The molecule has 130 valence electrons. The average molecular weight is 361 g/mol. The maximum Gasteiger partial charge on any atom is 0.466 e. The Hall–Kier alpha value is -0.470. The Morgan fingerprint density at radius 2 is 1.86 bits per heavy atom. The molecule has 0 bridgehead atoms. The van der Waals surface area contributed by atoms with Gasteiger partial charge in [0.1, 0.15) is 34.9 Å². The Bertz CT molecular complexity index is 493. The van der Waals surface area contributed by atoms with Gasteiger partial charge in [0.25, 0.3) is 0 Å². The molecule has 1 fully saturated rings. The summed E-state index contributed by atoms with van der Waals surface area (Å²) in [6, 6.07) is 0. The number of thioether (sulfide) groups is 1. The second kappa shape index (κ2) is 7.88. The number of rotatable bonds is 5. The van der Waals surface area contributed by atoms with E-state index >= 15 is 0 Å². The number of hydrogen-bond acceptors (Lipinski definition) is 10. The van der Waals surface area contributed by atoms with E-state index in [-0.39, 0.29) is 11.0 Å². The first kappa shape index (κ1) is 19.6. The first-order chi connectivity index (χ1) is 10.1. The topological polar surface area (TPSA) is 166 Å². The highest BCUT2D eigenvalue weighted by atomic mass is 32.3. The van der Waals surface area contributed by atoms with Gasteiger partial charge in [0, 0.05) is 5.92 Å². The Morgan fingerprint density at radius 3 is 2.32 bits per heavy atom. The second-order valence-electron chi connectivity index (χ2n) is 4.90. The van der Waals surface area contributed by atoms with E-state index in [1.165, 1.54) is 0 Å². The zero-order valence-electron chi connectivity index (χ0n) is 11.8. The Kier molecular flexibility index (Phi) is 7.01. The van der Waals surface area contributed by atoms with Crippen LogP contribution < -0.4 is 0 Å². The molecule has 0 aromatic heterocycles. The van der Waals surface area contributed by atoms with Crippen molar-refractivity contribution in [3.63, 3.8) is 0 Å². The fourth-order valence-electron chi connectivity index (χ4n) is 1.63.